The van der Waals surface area contributed by atoms with Crippen LogP contribution in [-0.2, 0) is 4.79 Å². The number of amides is 1. The molecule has 0 saturated heterocycles. The fraction of sp³-hybridized carbons (Fsp3) is 0.118. The molecule has 0 aliphatic carbocycles. The predicted molar refractivity (Wildman–Crippen MR) is 88.8 cm³/mol. The lowest BCUT2D eigenvalue weighted by molar-refractivity contribution is -0.384. The van der Waals surface area contributed by atoms with Gasteiger partial charge in [0.05, 0.1) is 16.4 Å². The molecule has 1 amide bonds. The Hall–Kier alpha value is -3.35. The van der Waals surface area contributed by atoms with Gasteiger partial charge in [-0.05, 0) is 30.2 Å². The Morgan fingerprint density at radius 2 is 2.00 bits per heavy atom. The van der Waals surface area contributed by atoms with Gasteiger partial charge in [-0.1, -0.05) is 12.1 Å². The van der Waals surface area contributed by atoms with E-state index in [0.29, 0.717) is 22.0 Å². The van der Waals surface area contributed by atoms with Crippen LogP contribution in [0.3, 0.4) is 0 Å². The van der Waals surface area contributed by atoms with E-state index in [1.54, 1.807) is 30.5 Å². The number of hydrogen-bond donors (Lipinski definition) is 3. The van der Waals surface area contributed by atoms with Crippen LogP contribution in [0.2, 0.25) is 0 Å². The average molecular weight is 325 g/mol. The lowest BCUT2D eigenvalue weighted by Gasteiger charge is -2.15. The van der Waals surface area contributed by atoms with E-state index in [1.807, 2.05) is 6.92 Å². The molecule has 3 rings (SSSR count). The summed E-state index contributed by atoms with van der Waals surface area (Å²) in [5.74, 6) is -1.50. The van der Waals surface area contributed by atoms with Crippen molar-refractivity contribution in [3.63, 3.8) is 0 Å². The van der Waals surface area contributed by atoms with Gasteiger partial charge in [0.2, 0.25) is 5.91 Å². The number of fused-ring (bicyclic) bond motifs is 1. The van der Waals surface area contributed by atoms with Crippen LogP contribution in [0.4, 0.5) is 5.69 Å². The fourth-order valence-corrected chi connectivity index (χ4v) is 2.86. The molecule has 7 heteroatoms. The number of H-pyrrole nitrogens is 1. The van der Waals surface area contributed by atoms with E-state index in [1.165, 1.54) is 12.1 Å². The second-order valence-electron chi connectivity index (χ2n) is 5.63. The number of nitrogens with two attached hydrogens (primary N) is 1. The summed E-state index contributed by atoms with van der Waals surface area (Å²) in [5, 5.41) is 21.7. The SMILES string of the molecule is Cc1ccc(C(C(N)=O)c2c[nH]c3cc([N+](=O)[O-])ccc23)c(O)c1. The Morgan fingerprint density at radius 1 is 1.25 bits per heavy atom. The van der Waals surface area contributed by atoms with Gasteiger partial charge < -0.3 is 15.8 Å². The number of phenols is 1. The molecule has 0 aliphatic rings. The number of rotatable bonds is 4. The van der Waals surface area contributed by atoms with Crippen LogP contribution in [0.25, 0.3) is 10.9 Å². The van der Waals surface area contributed by atoms with Gasteiger partial charge in [0.1, 0.15) is 5.75 Å². The number of nitrogens with one attached hydrogen (secondary N) is 1. The summed E-state index contributed by atoms with van der Waals surface area (Å²) in [6.07, 6.45) is 1.59. The zero-order valence-electron chi connectivity index (χ0n) is 12.8. The third-order valence-electron chi connectivity index (χ3n) is 4.00. The summed E-state index contributed by atoms with van der Waals surface area (Å²) in [6.45, 7) is 1.83. The van der Waals surface area contributed by atoms with Gasteiger partial charge in [0, 0.05) is 29.3 Å². The van der Waals surface area contributed by atoms with E-state index in [4.69, 9.17) is 5.73 Å². The van der Waals surface area contributed by atoms with Crippen molar-refractivity contribution >= 4 is 22.5 Å². The third kappa shape index (κ3) is 2.56. The highest BCUT2D eigenvalue weighted by atomic mass is 16.6. The van der Waals surface area contributed by atoms with Gasteiger partial charge in [0.15, 0.2) is 0 Å². The number of phenolic OH excluding ortho intramolecular Hbond substituents is 1. The van der Waals surface area contributed by atoms with Gasteiger partial charge >= 0.3 is 0 Å². The van der Waals surface area contributed by atoms with E-state index in [-0.39, 0.29) is 11.4 Å². The number of aromatic amines is 1. The summed E-state index contributed by atoms with van der Waals surface area (Å²) >= 11 is 0. The van der Waals surface area contributed by atoms with Crippen LogP contribution in [0.5, 0.6) is 5.75 Å². The van der Waals surface area contributed by atoms with Crippen molar-refractivity contribution in [3.05, 3.63) is 69.4 Å². The molecule has 0 spiro atoms. The quantitative estimate of drug-likeness (QED) is 0.504. The van der Waals surface area contributed by atoms with Crippen LogP contribution >= 0.6 is 0 Å². The van der Waals surface area contributed by atoms with E-state index in [9.17, 15) is 20.0 Å². The molecule has 0 fully saturated rings. The second kappa shape index (κ2) is 5.69. The maximum Gasteiger partial charge on any atom is 0.271 e. The first-order valence-corrected chi connectivity index (χ1v) is 7.22. The van der Waals surface area contributed by atoms with Crippen molar-refractivity contribution in [1.82, 2.24) is 4.98 Å². The average Bonchev–Trinajstić information content (AvgIpc) is 2.92. The summed E-state index contributed by atoms with van der Waals surface area (Å²) < 4.78 is 0. The Labute approximate surface area is 136 Å². The number of primary amides is 1. The number of hydrogen-bond acceptors (Lipinski definition) is 4. The Kier molecular flexibility index (Phi) is 3.69. The van der Waals surface area contributed by atoms with Crippen molar-refractivity contribution in [2.75, 3.05) is 0 Å². The topological polar surface area (TPSA) is 122 Å². The van der Waals surface area contributed by atoms with E-state index in [2.05, 4.69) is 4.98 Å². The first-order valence-electron chi connectivity index (χ1n) is 7.22. The van der Waals surface area contributed by atoms with Gasteiger partial charge in [-0.3, -0.25) is 14.9 Å². The lowest BCUT2D eigenvalue weighted by Crippen LogP contribution is -2.22. The van der Waals surface area contributed by atoms with E-state index in [0.717, 1.165) is 5.56 Å². The normalized spacial score (nSPS) is 12.2. The molecule has 1 unspecified atom stereocenters. The number of carbonyl (C=O) groups is 1. The molecule has 0 bridgehead atoms. The summed E-state index contributed by atoms with van der Waals surface area (Å²) in [5.41, 5.74) is 7.85. The molecule has 24 heavy (non-hydrogen) atoms. The first-order chi connectivity index (χ1) is 11.4. The number of non-ortho nitro benzene ring substituents is 1. The number of carbonyl (C=O) groups excluding carboxylic acids is 1. The Balaban J connectivity index is 2.18. The van der Waals surface area contributed by atoms with Crippen molar-refractivity contribution < 1.29 is 14.8 Å². The molecule has 1 atom stereocenters. The molecule has 0 radical (unpaired) electrons. The van der Waals surface area contributed by atoms with Crippen molar-refractivity contribution in [3.8, 4) is 5.75 Å². The van der Waals surface area contributed by atoms with Crippen LogP contribution in [0.1, 0.15) is 22.6 Å². The molecule has 0 aliphatic heterocycles. The van der Waals surface area contributed by atoms with Crippen molar-refractivity contribution in [1.29, 1.82) is 0 Å². The maximum absolute atomic E-state index is 12.0. The number of aromatic hydroxyl groups is 1. The van der Waals surface area contributed by atoms with Crippen LogP contribution in [-0.4, -0.2) is 20.9 Å². The van der Waals surface area contributed by atoms with E-state index < -0.39 is 16.7 Å². The third-order valence-corrected chi connectivity index (χ3v) is 4.00. The van der Waals surface area contributed by atoms with Gasteiger partial charge in [-0.2, -0.15) is 0 Å². The minimum atomic E-state index is -0.860. The smallest absolute Gasteiger partial charge is 0.271 e. The summed E-state index contributed by atoms with van der Waals surface area (Å²) in [7, 11) is 0. The standard InChI is InChI=1S/C17H15N3O4/c1-9-2-4-12(15(21)6-9)16(17(18)22)13-8-19-14-7-10(20(23)24)3-5-11(13)14/h2-8,16,19,21H,1H3,(H2,18,22). The van der Waals surface area contributed by atoms with Gasteiger partial charge in [-0.25, -0.2) is 0 Å². The first kappa shape index (κ1) is 15.5. The number of aryl methyl sites for hydroxylation is 1. The lowest BCUT2D eigenvalue weighted by atomic mass is 9.89. The molecule has 1 aromatic heterocycles. The monoisotopic (exact) mass is 325 g/mol. The zero-order chi connectivity index (χ0) is 17.4. The maximum atomic E-state index is 12.0. The number of benzene rings is 2. The molecule has 7 nitrogen and oxygen atoms in total. The molecule has 3 aromatic rings. The van der Waals surface area contributed by atoms with Crippen LogP contribution in [0.15, 0.2) is 42.6 Å². The highest BCUT2D eigenvalue weighted by molar-refractivity contribution is 5.94. The minimum absolute atomic E-state index is 0.0185. The number of nitro benzene ring substituents is 1. The molecule has 1 heterocycles. The van der Waals surface area contributed by atoms with Crippen molar-refractivity contribution in [2.24, 2.45) is 5.73 Å². The Morgan fingerprint density at radius 3 is 2.62 bits per heavy atom. The number of nitro groups is 1. The molecule has 122 valence electrons. The summed E-state index contributed by atoms with van der Waals surface area (Å²) in [4.78, 5) is 25.4. The Bertz CT molecular complexity index is 962. The van der Waals surface area contributed by atoms with Crippen LogP contribution in [0, 0.1) is 17.0 Å². The highest BCUT2D eigenvalue weighted by Gasteiger charge is 2.26. The molecule has 2 aromatic carbocycles. The number of nitrogens with zero attached hydrogens (tertiary/aromatic N) is 1. The minimum Gasteiger partial charge on any atom is -0.508 e. The van der Waals surface area contributed by atoms with Gasteiger partial charge in [-0.15, -0.1) is 0 Å². The van der Waals surface area contributed by atoms with Crippen molar-refractivity contribution in [2.45, 2.75) is 12.8 Å². The molecular weight excluding hydrogens is 310 g/mol. The summed E-state index contributed by atoms with van der Waals surface area (Å²) in [6, 6.07) is 9.33. The highest BCUT2D eigenvalue weighted by Crippen LogP contribution is 2.36. The second-order valence-corrected chi connectivity index (χ2v) is 5.63. The van der Waals surface area contributed by atoms with Crippen LogP contribution < -0.4 is 5.73 Å². The molecular formula is C17H15N3O4. The largest absolute Gasteiger partial charge is 0.508 e. The van der Waals surface area contributed by atoms with E-state index >= 15 is 0 Å². The molecule has 0 saturated carbocycles. The zero-order valence-corrected chi connectivity index (χ0v) is 12.8. The molecule has 4 N–H and O–H groups in total. The fourth-order valence-electron chi connectivity index (χ4n) is 2.86. The predicted octanol–water partition coefficient (Wildman–Crippen LogP) is 2.71. The number of aromatic nitrogens is 1. The van der Waals surface area contributed by atoms with Gasteiger partial charge in [0.25, 0.3) is 5.69 Å².